The van der Waals surface area contributed by atoms with Crippen LogP contribution >= 0.6 is 0 Å². The summed E-state index contributed by atoms with van der Waals surface area (Å²) in [6.07, 6.45) is 1.13. The second kappa shape index (κ2) is 3.25. The monoisotopic (exact) mass is 162 g/mol. The van der Waals surface area contributed by atoms with Crippen LogP contribution in [0.4, 0.5) is 0 Å². The second-order valence-electron chi connectivity index (χ2n) is 3.19. The molecule has 0 aliphatic carbocycles. The van der Waals surface area contributed by atoms with Gasteiger partial charge in [0, 0.05) is 12.6 Å². The zero-order chi connectivity index (χ0) is 8.39. The average molecular weight is 162 g/mol. The standard InChI is InChI=1S/C10H14N2/c11-7-10-9-4-2-1-3-8(9)5-6-12-10/h1-4,10,12H,5-7,11H2/t10-/m0/s1. The van der Waals surface area contributed by atoms with Crippen molar-refractivity contribution in [1.29, 1.82) is 0 Å². The smallest absolute Gasteiger partial charge is 0.0447 e. The Morgan fingerprint density at radius 1 is 1.42 bits per heavy atom. The van der Waals surface area contributed by atoms with E-state index in [0.29, 0.717) is 12.6 Å². The third-order valence-corrected chi connectivity index (χ3v) is 2.45. The number of hydrogen-bond acceptors (Lipinski definition) is 2. The molecule has 0 aromatic heterocycles. The van der Waals surface area contributed by atoms with Crippen LogP contribution in [-0.2, 0) is 6.42 Å². The van der Waals surface area contributed by atoms with E-state index in [4.69, 9.17) is 5.73 Å². The molecule has 0 fully saturated rings. The molecule has 64 valence electrons. The Morgan fingerprint density at radius 2 is 2.25 bits per heavy atom. The lowest BCUT2D eigenvalue weighted by Crippen LogP contribution is -2.34. The van der Waals surface area contributed by atoms with Crippen LogP contribution in [0.2, 0.25) is 0 Å². The molecule has 3 N–H and O–H groups in total. The van der Waals surface area contributed by atoms with Gasteiger partial charge in [0.05, 0.1) is 0 Å². The summed E-state index contributed by atoms with van der Waals surface area (Å²) in [7, 11) is 0. The maximum atomic E-state index is 5.66. The van der Waals surface area contributed by atoms with Gasteiger partial charge in [-0.3, -0.25) is 0 Å². The summed E-state index contributed by atoms with van der Waals surface area (Å²) in [6.45, 7) is 1.75. The summed E-state index contributed by atoms with van der Waals surface area (Å²) in [5, 5.41) is 3.40. The maximum Gasteiger partial charge on any atom is 0.0447 e. The van der Waals surface area contributed by atoms with Crippen LogP contribution in [0.1, 0.15) is 17.2 Å². The van der Waals surface area contributed by atoms with Crippen molar-refractivity contribution in [2.45, 2.75) is 12.5 Å². The van der Waals surface area contributed by atoms with Crippen LogP contribution in [0.5, 0.6) is 0 Å². The lowest BCUT2D eigenvalue weighted by atomic mass is 9.95. The minimum atomic E-state index is 0.370. The number of nitrogens with two attached hydrogens (primary N) is 1. The number of benzene rings is 1. The van der Waals surface area contributed by atoms with Gasteiger partial charge in [-0.2, -0.15) is 0 Å². The van der Waals surface area contributed by atoms with Gasteiger partial charge in [-0.05, 0) is 24.1 Å². The van der Waals surface area contributed by atoms with E-state index < -0.39 is 0 Å². The minimum Gasteiger partial charge on any atom is -0.329 e. The van der Waals surface area contributed by atoms with Gasteiger partial charge in [-0.25, -0.2) is 0 Å². The number of nitrogens with one attached hydrogen (secondary N) is 1. The fraction of sp³-hybridized carbons (Fsp3) is 0.400. The minimum absolute atomic E-state index is 0.370. The van der Waals surface area contributed by atoms with Crippen molar-refractivity contribution in [1.82, 2.24) is 5.32 Å². The van der Waals surface area contributed by atoms with E-state index in [1.54, 1.807) is 0 Å². The van der Waals surface area contributed by atoms with E-state index in [1.807, 2.05) is 0 Å². The van der Waals surface area contributed by atoms with Crippen LogP contribution in [0.25, 0.3) is 0 Å². The number of fused-ring (bicyclic) bond motifs is 1. The first kappa shape index (κ1) is 7.77. The van der Waals surface area contributed by atoms with E-state index in [9.17, 15) is 0 Å². The lowest BCUT2D eigenvalue weighted by Gasteiger charge is -2.25. The highest BCUT2D eigenvalue weighted by molar-refractivity contribution is 5.32. The summed E-state index contributed by atoms with van der Waals surface area (Å²) >= 11 is 0. The van der Waals surface area contributed by atoms with Gasteiger partial charge >= 0.3 is 0 Å². The first-order valence-corrected chi connectivity index (χ1v) is 4.43. The van der Waals surface area contributed by atoms with Gasteiger partial charge < -0.3 is 11.1 Å². The van der Waals surface area contributed by atoms with Gasteiger partial charge in [0.15, 0.2) is 0 Å². The molecule has 2 nitrogen and oxygen atoms in total. The van der Waals surface area contributed by atoms with Crippen LogP contribution in [0.3, 0.4) is 0 Å². The van der Waals surface area contributed by atoms with Crippen LogP contribution < -0.4 is 11.1 Å². The van der Waals surface area contributed by atoms with Crippen molar-refractivity contribution in [2.75, 3.05) is 13.1 Å². The van der Waals surface area contributed by atoms with E-state index >= 15 is 0 Å². The van der Waals surface area contributed by atoms with E-state index in [0.717, 1.165) is 13.0 Å². The molecular weight excluding hydrogens is 148 g/mol. The Hall–Kier alpha value is -0.860. The van der Waals surface area contributed by atoms with Crippen molar-refractivity contribution in [3.63, 3.8) is 0 Å². The molecule has 0 bridgehead atoms. The Bertz CT molecular complexity index is 270. The van der Waals surface area contributed by atoms with Crippen molar-refractivity contribution >= 4 is 0 Å². The van der Waals surface area contributed by atoms with E-state index in [2.05, 4.69) is 29.6 Å². The molecular formula is C10H14N2. The molecule has 0 spiro atoms. The molecule has 0 saturated carbocycles. The quantitative estimate of drug-likeness (QED) is 0.642. The van der Waals surface area contributed by atoms with E-state index in [1.165, 1.54) is 11.1 Å². The summed E-state index contributed by atoms with van der Waals surface area (Å²) < 4.78 is 0. The van der Waals surface area contributed by atoms with Gasteiger partial charge in [-0.15, -0.1) is 0 Å². The Kier molecular flexibility index (Phi) is 2.11. The molecule has 1 aliphatic rings. The van der Waals surface area contributed by atoms with Crippen molar-refractivity contribution in [3.8, 4) is 0 Å². The predicted octanol–water partition coefficient (Wildman–Crippen LogP) is 0.832. The third-order valence-electron chi connectivity index (χ3n) is 2.45. The van der Waals surface area contributed by atoms with Crippen molar-refractivity contribution in [2.24, 2.45) is 5.73 Å². The van der Waals surface area contributed by atoms with Crippen LogP contribution in [0.15, 0.2) is 24.3 Å². The maximum absolute atomic E-state index is 5.66. The molecule has 0 saturated heterocycles. The molecule has 12 heavy (non-hydrogen) atoms. The SMILES string of the molecule is NC[C@@H]1NCCc2ccccc21. The molecule has 1 aromatic carbocycles. The molecule has 2 heteroatoms. The molecule has 0 amide bonds. The van der Waals surface area contributed by atoms with Gasteiger partial charge in [-0.1, -0.05) is 24.3 Å². The third kappa shape index (κ3) is 1.24. The lowest BCUT2D eigenvalue weighted by molar-refractivity contribution is 0.513. The zero-order valence-corrected chi connectivity index (χ0v) is 7.09. The predicted molar refractivity (Wildman–Crippen MR) is 49.9 cm³/mol. The summed E-state index contributed by atoms with van der Waals surface area (Å²) in [5.74, 6) is 0. The van der Waals surface area contributed by atoms with Crippen LogP contribution in [-0.4, -0.2) is 13.1 Å². The molecule has 1 aliphatic heterocycles. The molecule has 0 unspecified atom stereocenters. The number of hydrogen-bond donors (Lipinski definition) is 2. The average Bonchev–Trinajstić information content (AvgIpc) is 2.17. The first-order chi connectivity index (χ1) is 5.92. The molecule has 1 aromatic rings. The van der Waals surface area contributed by atoms with E-state index in [-0.39, 0.29) is 0 Å². The van der Waals surface area contributed by atoms with Crippen molar-refractivity contribution in [3.05, 3.63) is 35.4 Å². The summed E-state index contributed by atoms with van der Waals surface area (Å²) in [5.41, 5.74) is 8.49. The fourth-order valence-electron chi connectivity index (χ4n) is 1.80. The van der Waals surface area contributed by atoms with Gasteiger partial charge in [0.1, 0.15) is 0 Å². The highest BCUT2D eigenvalue weighted by Gasteiger charge is 2.16. The zero-order valence-electron chi connectivity index (χ0n) is 7.09. The largest absolute Gasteiger partial charge is 0.329 e. The second-order valence-corrected chi connectivity index (χ2v) is 3.19. The first-order valence-electron chi connectivity index (χ1n) is 4.43. The molecule has 2 rings (SSSR count). The normalized spacial score (nSPS) is 21.9. The Labute approximate surface area is 72.8 Å². The summed E-state index contributed by atoms with van der Waals surface area (Å²) in [6, 6.07) is 8.90. The topological polar surface area (TPSA) is 38.0 Å². The number of rotatable bonds is 1. The van der Waals surface area contributed by atoms with Gasteiger partial charge in [0.25, 0.3) is 0 Å². The molecule has 0 radical (unpaired) electrons. The summed E-state index contributed by atoms with van der Waals surface area (Å²) in [4.78, 5) is 0. The Morgan fingerprint density at radius 3 is 3.08 bits per heavy atom. The fourth-order valence-corrected chi connectivity index (χ4v) is 1.80. The molecule has 1 atom stereocenters. The van der Waals surface area contributed by atoms with Crippen molar-refractivity contribution < 1.29 is 0 Å². The highest BCUT2D eigenvalue weighted by Crippen LogP contribution is 2.20. The Balaban J connectivity index is 2.37. The van der Waals surface area contributed by atoms with Gasteiger partial charge in [0.2, 0.25) is 0 Å². The van der Waals surface area contributed by atoms with Crippen LogP contribution in [0, 0.1) is 0 Å². The molecule has 1 heterocycles. The highest BCUT2D eigenvalue weighted by atomic mass is 14.9.